The van der Waals surface area contributed by atoms with Crippen LogP contribution in [-0.4, -0.2) is 18.4 Å². The maximum Gasteiger partial charge on any atom is 0.240 e. The van der Waals surface area contributed by atoms with Gasteiger partial charge in [-0.3, -0.25) is 0 Å². The van der Waals surface area contributed by atoms with Gasteiger partial charge in [0.05, 0.1) is 11.4 Å². The van der Waals surface area contributed by atoms with Crippen LogP contribution in [0, 0.1) is 0 Å². The van der Waals surface area contributed by atoms with E-state index < -0.39 is 10.0 Å². The van der Waals surface area contributed by atoms with Crippen molar-refractivity contribution >= 4 is 10.0 Å². The molecule has 2 rings (SSSR count). The van der Waals surface area contributed by atoms with E-state index in [1.165, 1.54) is 0 Å². The van der Waals surface area contributed by atoms with Crippen LogP contribution in [0.3, 0.4) is 0 Å². The first-order chi connectivity index (χ1) is 8.99. The van der Waals surface area contributed by atoms with Crippen LogP contribution in [0.2, 0.25) is 0 Å². The lowest BCUT2D eigenvalue weighted by Gasteiger charge is -2.08. The van der Waals surface area contributed by atoms with Crippen molar-refractivity contribution in [3.05, 3.63) is 48.0 Å². The smallest absolute Gasteiger partial charge is 0.240 e. The van der Waals surface area contributed by atoms with E-state index in [0.29, 0.717) is 11.7 Å². The highest BCUT2D eigenvalue weighted by Gasteiger charge is 2.14. The SMILES string of the molecule is CC(C)c1ccc(S(=O)(=O)NCc2ncc[nH]2)cc1. The van der Waals surface area contributed by atoms with E-state index in [1.807, 2.05) is 12.1 Å². The molecule has 1 aromatic carbocycles. The van der Waals surface area contributed by atoms with Crippen molar-refractivity contribution in [2.75, 3.05) is 0 Å². The van der Waals surface area contributed by atoms with Gasteiger partial charge >= 0.3 is 0 Å². The normalized spacial score (nSPS) is 11.9. The number of aromatic nitrogens is 2. The number of imidazole rings is 1. The van der Waals surface area contributed by atoms with E-state index in [1.54, 1.807) is 24.5 Å². The number of nitrogens with zero attached hydrogens (tertiary/aromatic N) is 1. The molecule has 0 atom stereocenters. The highest BCUT2D eigenvalue weighted by atomic mass is 32.2. The van der Waals surface area contributed by atoms with E-state index in [9.17, 15) is 8.42 Å². The van der Waals surface area contributed by atoms with Gasteiger partial charge in [-0.1, -0.05) is 26.0 Å². The standard InChI is InChI=1S/C13H17N3O2S/c1-10(2)11-3-5-12(6-4-11)19(17,18)16-9-13-14-7-8-15-13/h3-8,10,16H,9H2,1-2H3,(H,14,15). The number of sulfonamides is 1. The summed E-state index contributed by atoms with van der Waals surface area (Å²) in [6.07, 6.45) is 3.24. The Labute approximate surface area is 113 Å². The molecule has 1 heterocycles. The summed E-state index contributed by atoms with van der Waals surface area (Å²) in [6.45, 7) is 4.29. The molecule has 2 N–H and O–H groups in total. The summed E-state index contributed by atoms with van der Waals surface area (Å²) in [5, 5.41) is 0. The summed E-state index contributed by atoms with van der Waals surface area (Å²) < 4.78 is 26.6. The first kappa shape index (κ1) is 13.8. The summed E-state index contributed by atoms with van der Waals surface area (Å²) in [5.41, 5.74) is 1.12. The minimum atomic E-state index is -3.49. The molecule has 0 saturated heterocycles. The number of rotatable bonds is 5. The maximum absolute atomic E-state index is 12.1. The molecule has 0 saturated carbocycles. The number of hydrogen-bond donors (Lipinski definition) is 2. The Bertz CT molecular complexity index is 616. The third-order valence-corrected chi connectivity index (χ3v) is 4.26. The van der Waals surface area contributed by atoms with Crippen LogP contribution in [0.4, 0.5) is 0 Å². The topological polar surface area (TPSA) is 74.8 Å². The molecular formula is C13H17N3O2S. The van der Waals surface area contributed by atoms with Crippen LogP contribution in [0.1, 0.15) is 31.2 Å². The lowest BCUT2D eigenvalue weighted by Crippen LogP contribution is -2.23. The van der Waals surface area contributed by atoms with Crippen molar-refractivity contribution in [2.24, 2.45) is 0 Å². The Balaban J connectivity index is 2.10. The van der Waals surface area contributed by atoms with Gasteiger partial charge in [0.25, 0.3) is 0 Å². The predicted molar refractivity (Wildman–Crippen MR) is 73.1 cm³/mol. The lowest BCUT2D eigenvalue weighted by atomic mass is 10.0. The van der Waals surface area contributed by atoms with E-state index in [2.05, 4.69) is 28.5 Å². The molecule has 0 spiro atoms. The number of nitrogens with one attached hydrogen (secondary N) is 2. The molecule has 0 aliphatic heterocycles. The molecule has 1 aromatic heterocycles. The van der Waals surface area contributed by atoms with Crippen LogP contribution in [0.25, 0.3) is 0 Å². The van der Waals surface area contributed by atoms with Crippen LogP contribution in [0.15, 0.2) is 41.6 Å². The number of benzene rings is 1. The van der Waals surface area contributed by atoms with Crippen molar-refractivity contribution in [1.29, 1.82) is 0 Å². The van der Waals surface area contributed by atoms with Crippen molar-refractivity contribution in [3.8, 4) is 0 Å². The molecule has 6 heteroatoms. The largest absolute Gasteiger partial charge is 0.347 e. The van der Waals surface area contributed by atoms with Crippen molar-refractivity contribution in [2.45, 2.75) is 31.2 Å². The second-order valence-electron chi connectivity index (χ2n) is 4.58. The predicted octanol–water partition coefficient (Wildman–Crippen LogP) is 2.01. The first-order valence-corrected chi connectivity index (χ1v) is 7.55. The van der Waals surface area contributed by atoms with Crippen LogP contribution >= 0.6 is 0 Å². The van der Waals surface area contributed by atoms with Crippen molar-refractivity contribution in [1.82, 2.24) is 14.7 Å². The summed E-state index contributed by atoms with van der Waals surface area (Å²) in [7, 11) is -3.49. The monoisotopic (exact) mass is 279 g/mol. The number of aromatic amines is 1. The van der Waals surface area contributed by atoms with E-state index in [4.69, 9.17) is 0 Å². The molecule has 0 unspecified atom stereocenters. The quantitative estimate of drug-likeness (QED) is 0.879. The molecule has 0 fully saturated rings. The van der Waals surface area contributed by atoms with Gasteiger partial charge in [0, 0.05) is 12.4 Å². The molecule has 0 amide bonds. The Hall–Kier alpha value is -1.66. The van der Waals surface area contributed by atoms with Gasteiger partial charge in [-0.2, -0.15) is 0 Å². The third-order valence-electron chi connectivity index (χ3n) is 2.84. The molecule has 19 heavy (non-hydrogen) atoms. The summed E-state index contributed by atoms with van der Waals surface area (Å²) in [5.74, 6) is 0.968. The Morgan fingerprint density at radius 2 is 1.95 bits per heavy atom. The fourth-order valence-corrected chi connectivity index (χ4v) is 2.66. The van der Waals surface area contributed by atoms with E-state index in [-0.39, 0.29) is 11.4 Å². The molecule has 0 aliphatic rings. The first-order valence-electron chi connectivity index (χ1n) is 6.07. The van der Waals surface area contributed by atoms with Gasteiger partial charge in [-0.15, -0.1) is 0 Å². The van der Waals surface area contributed by atoms with Gasteiger partial charge < -0.3 is 4.98 Å². The molecule has 5 nitrogen and oxygen atoms in total. The Morgan fingerprint density at radius 1 is 1.26 bits per heavy atom. The van der Waals surface area contributed by atoms with Crippen LogP contribution in [0.5, 0.6) is 0 Å². The Kier molecular flexibility index (Phi) is 4.01. The van der Waals surface area contributed by atoms with Gasteiger partial charge in [0.2, 0.25) is 10.0 Å². The zero-order valence-electron chi connectivity index (χ0n) is 10.9. The molecule has 0 aliphatic carbocycles. The minimum absolute atomic E-state index is 0.154. The minimum Gasteiger partial charge on any atom is -0.347 e. The molecular weight excluding hydrogens is 262 g/mol. The molecule has 0 radical (unpaired) electrons. The summed E-state index contributed by atoms with van der Waals surface area (Å²) in [6, 6.07) is 6.93. The average molecular weight is 279 g/mol. The average Bonchev–Trinajstić information content (AvgIpc) is 2.90. The zero-order chi connectivity index (χ0) is 13.9. The fourth-order valence-electron chi connectivity index (χ4n) is 1.67. The number of H-pyrrole nitrogens is 1. The zero-order valence-corrected chi connectivity index (χ0v) is 11.7. The van der Waals surface area contributed by atoms with Crippen molar-refractivity contribution < 1.29 is 8.42 Å². The highest BCUT2D eigenvalue weighted by Crippen LogP contribution is 2.17. The van der Waals surface area contributed by atoms with Crippen molar-refractivity contribution in [3.63, 3.8) is 0 Å². The van der Waals surface area contributed by atoms with Gasteiger partial charge in [-0.25, -0.2) is 18.1 Å². The van der Waals surface area contributed by atoms with E-state index in [0.717, 1.165) is 5.56 Å². The van der Waals surface area contributed by atoms with Crippen LogP contribution in [-0.2, 0) is 16.6 Å². The highest BCUT2D eigenvalue weighted by molar-refractivity contribution is 7.89. The molecule has 0 bridgehead atoms. The third kappa shape index (κ3) is 3.42. The second kappa shape index (κ2) is 5.54. The van der Waals surface area contributed by atoms with Crippen LogP contribution < -0.4 is 4.72 Å². The van der Waals surface area contributed by atoms with E-state index >= 15 is 0 Å². The van der Waals surface area contributed by atoms with Gasteiger partial charge in [0.1, 0.15) is 5.82 Å². The van der Waals surface area contributed by atoms with Gasteiger partial charge in [-0.05, 0) is 23.6 Å². The van der Waals surface area contributed by atoms with Gasteiger partial charge in [0.15, 0.2) is 0 Å². The maximum atomic E-state index is 12.1. The molecule has 102 valence electrons. The summed E-state index contributed by atoms with van der Waals surface area (Å²) >= 11 is 0. The summed E-state index contributed by atoms with van der Waals surface area (Å²) in [4.78, 5) is 7.08. The lowest BCUT2D eigenvalue weighted by molar-refractivity contribution is 0.579. The Morgan fingerprint density at radius 3 is 2.47 bits per heavy atom. The number of hydrogen-bond acceptors (Lipinski definition) is 3. The fraction of sp³-hybridized carbons (Fsp3) is 0.308. The molecule has 2 aromatic rings. The second-order valence-corrected chi connectivity index (χ2v) is 6.35.